The lowest BCUT2D eigenvalue weighted by atomic mass is 9.98. The second kappa shape index (κ2) is 9.29. The number of likely N-dealkylation sites (tertiary alicyclic amines) is 1. The normalized spacial score (nSPS) is 17.2. The standard InChI is InChI=1S/C18H23F3N4O5/c1-17(2,3)30-16(27)25-6-4-11(5-7-25)9-28-13-10-29-14(8-12(13)26)18(21,15(19)20)23-24-22/h8,10-11,15H,4-7,9H2,1-3H3. The van der Waals surface area contributed by atoms with Crippen molar-refractivity contribution in [2.75, 3.05) is 19.7 Å². The zero-order valence-electron chi connectivity index (χ0n) is 16.8. The Balaban J connectivity index is 1.94. The van der Waals surface area contributed by atoms with Crippen molar-refractivity contribution in [3.63, 3.8) is 0 Å². The topological polar surface area (TPSA) is 118 Å². The molecule has 1 unspecified atom stereocenters. The Morgan fingerprint density at radius 2 is 2.03 bits per heavy atom. The Kier molecular flexibility index (Phi) is 7.25. The first-order chi connectivity index (χ1) is 14.0. The Labute approximate surface area is 170 Å². The summed E-state index contributed by atoms with van der Waals surface area (Å²) in [5, 5.41) is 2.41. The number of amides is 1. The van der Waals surface area contributed by atoms with Gasteiger partial charge in [0.1, 0.15) is 11.9 Å². The number of azide groups is 1. The minimum absolute atomic E-state index is 0.0345. The number of piperidine rings is 1. The molecule has 0 aliphatic carbocycles. The van der Waals surface area contributed by atoms with E-state index in [9.17, 15) is 22.8 Å². The van der Waals surface area contributed by atoms with E-state index in [-0.39, 0.29) is 18.3 Å². The average Bonchev–Trinajstić information content (AvgIpc) is 2.66. The molecule has 0 aromatic carbocycles. The third-order valence-corrected chi connectivity index (χ3v) is 4.36. The number of rotatable bonds is 6. The lowest BCUT2D eigenvalue weighted by Gasteiger charge is -2.33. The van der Waals surface area contributed by atoms with E-state index >= 15 is 0 Å². The van der Waals surface area contributed by atoms with Crippen molar-refractivity contribution in [1.82, 2.24) is 4.90 Å². The van der Waals surface area contributed by atoms with Crippen molar-refractivity contribution < 1.29 is 31.9 Å². The maximum Gasteiger partial charge on any atom is 0.410 e. The molecule has 1 amide bonds. The van der Waals surface area contributed by atoms with Crippen molar-refractivity contribution in [2.45, 2.75) is 51.4 Å². The molecular weight excluding hydrogens is 409 g/mol. The van der Waals surface area contributed by atoms with Crippen LogP contribution in [-0.2, 0) is 10.5 Å². The van der Waals surface area contributed by atoms with E-state index in [0.717, 1.165) is 0 Å². The van der Waals surface area contributed by atoms with Crippen molar-refractivity contribution in [1.29, 1.82) is 0 Å². The Hall–Kier alpha value is -2.88. The van der Waals surface area contributed by atoms with Gasteiger partial charge in [-0.3, -0.25) is 4.79 Å². The number of carbonyl (C=O) groups excluding carboxylic acids is 1. The van der Waals surface area contributed by atoms with Crippen molar-refractivity contribution >= 4 is 6.09 Å². The van der Waals surface area contributed by atoms with E-state index in [1.165, 1.54) is 0 Å². The molecule has 0 spiro atoms. The summed E-state index contributed by atoms with van der Waals surface area (Å²) in [7, 11) is 0. The fourth-order valence-corrected chi connectivity index (χ4v) is 2.77. The first kappa shape index (κ1) is 23.4. The minimum Gasteiger partial charge on any atom is -0.486 e. The lowest BCUT2D eigenvalue weighted by molar-refractivity contribution is -0.0489. The maximum atomic E-state index is 14.2. The maximum absolute atomic E-state index is 14.2. The molecule has 1 aromatic heterocycles. The summed E-state index contributed by atoms with van der Waals surface area (Å²) in [5.41, 5.74) is 6.80. The van der Waals surface area contributed by atoms with Gasteiger partial charge in [0, 0.05) is 24.1 Å². The van der Waals surface area contributed by atoms with Gasteiger partial charge in [-0.2, -0.15) is 0 Å². The van der Waals surface area contributed by atoms with E-state index in [0.29, 0.717) is 38.3 Å². The van der Waals surface area contributed by atoms with E-state index in [4.69, 9.17) is 19.4 Å². The highest BCUT2D eigenvalue weighted by Gasteiger charge is 2.45. The summed E-state index contributed by atoms with van der Waals surface area (Å²) in [5.74, 6) is -5.16. The third kappa shape index (κ3) is 5.82. The van der Waals surface area contributed by atoms with Crippen LogP contribution in [0.3, 0.4) is 0 Å². The molecule has 1 aromatic rings. The highest BCUT2D eigenvalue weighted by atomic mass is 19.3. The number of halogens is 3. The highest BCUT2D eigenvalue weighted by molar-refractivity contribution is 5.68. The van der Waals surface area contributed by atoms with Gasteiger partial charge in [-0.25, -0.2) is 18.0 Å². The average molecular weight is 432 g/mol. The van der Waals surface area contributed by atoms with Gasteiger partial charge in [-0.15, -0.1) is 0 Å². The van der Waals surface area contributed by atoms with Crippen LogP contribution in [0.25, 0.3) is 10.4 Å². The van der Waals surface area contributed by atoms with Crippen molar-refractivity contribution in [3.05, 3.63) is 38.8 Å². The summed E-state index contributed by atoms with van der Waals surface area (Å²) >= 11 is 0. The molecule has 1 atom stereocenters. The zero-order valence-corrected chi connectivity index (χ0v) is 16.8. The summed E-state index contributed by atoms with van der Waals surface area (Å²) in [6.07, 6.45) is -2.20. The molecule has 0 radical (unpaired) electrons. The van der Waals surface area contributed by atoms with Crippen LogP contribution in [0, 0.1) is 5.92 Å². The second-order valence-corrected chi connectivity index (χ2v) is 7.86. The van der Waals surface area contributed by atoms with E-state index in [2.05, 4.69) is 5.11 Å². The van der Waals surface area contributed by atoms with Gasteiger partial charge in [-0.1, -0.05) is 0 Å². The fourth-order valence-electron chi connectivity index (χ4n) is 2.77. The van der Waals surface area contributed by atoms with Gasteiger partial charge in [0.05, 0.1) is 6.61 Å². The third-order valence-electron chi connectivity index (χ3n) is 4.36. The van der Waals surface area contributed by atoms with Gasteiger partial charge >= 0.3 is 11.9 Å². The summed E-state index contributed by atoms with van der Waals surface area (Å²) in [6, 6.07) is 0.473. The number of hydrogen-bond donors (Lipinski definition) is 0. The van der Waals surface area contributed by atoms with Gasteiger partial charge in [0.15, 0.2) is 5.76 Å². The number of ether oxygens (including phenoxy) is 2. The van der Waals surface area contributed by atoms with E-state index in [1.54, 1.807) is 25.7 Å². The number of alkyl halides is 3. The van der Waals surface area contributed by atoms with Crippen molar-refractivity contribution in [3.8, 4) is 5.75 Å². The fraction of sp³-hybridized carbons (Fsp3) is 0.667. The van der Waals surface area contributed by atoms with Crippen molar-refractivity contribution in [2.24, 2.45) is 11.0 Å². The van der Waals surface area contributed by atoms with Crippen LogP contribution >= 0.6 is 0 Å². The quantitative estimate of drug-likeness (QED) is 0.286. The molecule has 1 aliphatic heterocycles. The first-order valence-corrected chi connectivity index (χ1v) is 9.23. The first-order valence-electron chi connectivity index (χ1n) is 9.23. The van der Waals surface area contributed by atoms with Gasteiger partial charge in [0.2, 0.25) is 11.2 Å². The van der Waals surface area contributed by atoms with Gasteiger partial charge < -0.3 is 18.8 Å². The number of nitrogens with zero attached hydrogens (tertiary/aromatic N) is 4. The second-order valence-electron chi connectivity index (χ2n) is 7.86. The molecule has 0 saturated carbocycles. The molecule has 30 heavy (non-hydrogen) atoms. The molecule has 2 heterocycles. The summed E-state index contributed by atoms with van der Waals surface area (Å²) < 4.78 is 55.4. The molecule has 9 nitrogen and oxygen atoms in total. The molecule has 1 fully saturated rings. The molecule has 1 saturated heterocycles. The van der Waals surface area contributed by atoms with Crippen LogP contribution in [0.15, 0.2) is 26.7 Å². The number of hydrogen-bond acceptors (Lipinski definition) is 6. The summed E-state index contributed by atoms with van der Waals surface area (Å²) in [4.78, 5) is 27.7. The molecule has 0 bridgehead atoms. The summed E-state index contributed by atoms with van der Waals surface area (Å²) in [6.45, 7) is 6.39. The lowest BCUT2D eigenvalue weighted by Crippen LogP contribution is -2.42. The smallest absolute Gasteiger partial charge is 0.410 e. The Morgan fingerprint density at radius 3 is 2.53 bits per heavy atom. The van der Waals surface area contributed by atoms with Crippen LogP contribution in [0.2, 0.25) is 0 Å². The van der Waals surface area contributed by atoms with Crippen LogP contribution < -0.4 is 10.2 Å². The molecular formula is C18H23F3N4O5. The predicted molar refractivity (Wildman–Crippen MR) is 98.9 cm³/mol. The van der Waals surface area contributed by atoms with Crippen LogP contribution in [0.4, 0.5) is 18.0 Å². The molecule has 166 valence electrons. The monoisotopic (exact) mass is 432 g/mol. The molecule has 2 rings (SSSR count). The molecule has 12 heteroatoms. The van der Waals surface area contributed by atoms with Crippen LogP contribution in [0.5, 0.6) is 5.75 Å². The van der Waals surface area contributed by atoms with E-state index < -0.39 is 35.1 Å². The molecule has 1 aliphatic rings. The van der Waals surface area contributed by atoms with Crippen LogP contribution in [-0.4, -0.2) is 42.7 Å². The molecule has 0 N–H and O–H groups in total. The van der Waals surface area contributed by atoms with Gasteiger partial charge in [0.25, 0.3) is 6.43 Å². The van der Waals surface area contributed by atoms with Gasteiger partial charge in [-0.05, 0) is 50.2 Å². The predicted octanol–water partition coefficient (Wildman–Crippen LogP) is 4.36. The van der Waals surface area contributed by atoms with Crippen LogP contribution in [0.1, 0.15) is 39.4 Å². The largest absolute Gasteiger partial charge is 0.486 e. The Bertz CT molecular complexity index is 858. The van der Waals surface area contributed by atoms with E-state index in [1.807, 2.05) is 4.91 Å². The number of carbonyl (C=O) groups is 1. The zero-order chi connectivity index (χ0) is 22.5. The SMILES string of the molecule is CC(C)(C)OC(=O)N1CCC(COc2coc(C(F)(N=[N+]=[N-])C(F)F)cc2=O)CC1. The highest BCUT2D eigenvalue weighted by Crippen LogP contribution is 2.34. The minimum atomic E-state index is -3.79. The Morgan fingerprint density at radius 1 is 1.40 bits per heavy atom.